The second kappa shape index (κ2) is 7.19. The fourth-order valence-corrected chi connectivity index (χ4v) is 4.08. The third-order valence-corrected chi connectivity index (χ3v) is 5.59. The topological polar surface area (TPSA) is 29.5 Å². The summed E-state index contributed by atoms with van der Waals surface area (Å²) in [4.78, 5) is 14.8. The molecule has 0 radical (unpaired) electrons. The molecule has 1 aliphatic carbocycles. The SMILES string of the molecule is O=C(CC1CCc2ccccc21)N1CCOC(c2ccc(Cl)cc2)C1. The van der Waals surface area contributed by atoms with E-state index in [0.717, 1.165) is 18.4 Å². The van der Waals surface area contributed by atoms with Crippen LogP contribution in [0, 0.1) is 0 Å². The molecule has 0 aromatic heterocycles. The summed E-state index contributed by atoms with van der Waals surface area (Å²) >= 11 is 5.96. The second-order valence-electron chi connectivity index (χ2n) is 6.89. The molecule has 1 aliphatic heterocycles. The molecular formula is C21H22ClNO2. The van der Waals surface area contributed by atoms with Gasteiger partial charge in [-0.25, -0.2) is 0 Å². The highest BCUT2D eigenvalue weighted by molar-refractivity contribution is 6.30. The Morgan fingerprint density at radius 2 is 1.96 bits per heavy atom. The first-order valence-corrected chi connectivity index (χ1v) is 9.31. The molecular weight excluding hydrogens is 334 g/mol. The van der Waals surface area contributed by atoms with Crippen molar-refractivity contribution >= 4 is 17.5 Å². The van der Waals surface area contributed by atoms with E-state index in [-0.39, 0.29) is 12.0 Å². The van der Waals surface area contributed by atoms with Crippen molar-refractivity contribution in [2.45, 2.75) is 31.3 Å². The lowest BCUT2D eigenvalue weighted by Crippen LogP contribution is -2.42. The first-order chi connectivity index (χ1) is 12.2. The van der Waals surface area contributed by atoms with E-state index >= 15 is 0 Å². The Balaban J connectivity index is 1.41. The predicted octanol–water partition coefficient (Wildman–Crippen LogP) is 4.36. The van der Waals surface area contributed by atoms with E-state index in [1.54, 1.807) is 0 Å². The largest absolute Gasteiger partial charge is 0.370 e. The van der Waals surface area contributed by atoms with Gasteiger partial charge in [-0.05, 0) is 47.6 Å². The molecule has 0 bridgehead atoms. The molecule has 1 saturated heterocycles. The summed E-state index contributed by atoms with van der Waals surface area (Å²) in [5.74, 6) is 0.601. The maximum absolute atomic E-state index is 12.8. The lowest BCUT2D eigenvalue weighted by Gasteiger charge is -2.34. The molecule has 2 aliphatic rings. The van der Waals surface area contributed by atoms with Crippen molar-refractivity contribution in [3.63, 3.8) is 0 Å². The van der Waals surface area contributed by atoms with Crippen LogP contribution in [0.2, 0.25) is 5.02 Å². The molecule has 2 atom stereocenters. The van der Waals surface area contributed by atoms with Gasteiger partial charge in [0.25, 0.3) is 0 Å². The van der Waals surface area contributed by atoms with E-state index in [1.807, 2.05) is 29.2 Å². The van der Waals surface area contributed by atoms with E-state index in [2.05, 4.69) is 24.3 Å². The number of halogens is 1. The third-order valence-electron chi connectivity index (χ3n) is 5.34. The van der Waals surface area contributed by atoms with E-state index in [0.29, 0.717) is 37.1 Å². The molecule has 0 spiro atoms. The Labute approximate surface area is 153 Å². The van der Waals surface area contributed by atoms with Crippen molar-refractivity contribution in [3.8, 4) is 0 Å². The molecule has 3 nitrogen and oxygen atoms in total. The average molecular weight is 356 g/mol. The van der Waals surface area contributed by atoms with Crippen molar-refractivity contribution in [1.82, 2.24) is 4.90 Å². The van der Waals surface area contributed by atoms with Gasteiger partial charge in [0.15, 0.2) is 0 Å². The van der Waals surface area contributed by atoms with Crippen molar-refractivity contribution in [1.29, 1.82) is 0 Å². The monoisotopic (exact) mass is 355 g/mol. The molecule has 0 N–H and O–H groups in total. The minimum Gasteiger partial charge on any atom is -0.370 e. The molecule has 2 aromatic carbocycles. The number of aryl methyl sites for hydroxylation is 1. The Bertz CT molecular complexity index is 759. The minimum atomic E-state index is -0.0640. The second-order valence-corrected chi connectivity index (χ2v) is 7.33. The minimum absolute atomic E-state index is 0.0640. The summed E-state index contributed by atoms with van der Waals surface area (Å²) in [7, 11) is 0. The quantitative estimate of drug-likeness (QED) is 0.818. The fraction of sp³-hybridized carbons (Fsp3) is 0.381. The summed E-state index contributed by atoms with van der Waals surface area (Å²) in [6.45, 7) is 1.88. The number of carbonyl (C=O) groups is 1. The van der Waals surface area contributed by atoms with Gasteiger partial charge in [-0.3, -0.25) is 4.79 Å². The van der Waals surface area contributed by atoms with Crippen molar-refractivity contribution in [2.75, 3.05) is 19.7 Å². The van der Waals surface area contributed by atoms with E-state index in [1.165, 1.54) is 11.1 Å². The van der Waals surface area contributed by atoms with Crippen LogP contribution >= 0.6 is 11.6 Å². The Kier molecular flexibility index (Phi) is 4.78. The number of morpholine rings is 1. The van der Waals surface area contributed by atoms with Crippen molar-refractivity contribution in [3.05, 3.63) is 70.2 Å². The number of hydrogen-bond donors (Lipinski definition) is 0. The molecule has 1 heterocycles. The van der Waals surface area contributed by atoms with Crippen LogP contribution in [0.3, 0.4) is 0 Å². The summed E-state index contributed by atoms with van der Waals surface area (Å²) in [5, 5.41) is 0.715. The average Bonchev–Trinajstić information content (AvgIpc) is 3.05. The van der Waals surface area contributed by atoms with Gasteiger partial charge in [-0.15, -0.1) is 0 Å². The Morgan fingerprint density at radius 3 is 2.80 bits per heavy atom. The molecule has 2 aromatic rings. The number of ether oxygens (including phenoxy) is 1. The summed E-state index contributed by atoms with van der Waals surface area (Å²) in [6, 6.07) is 16.2. The maximum atomic E-state index is 12.8. The molecule has 4 rings (SSSR count). The third kappa shape index (κ3) is 3.58. The molecule has 1 fully saturated rings. The Morgan fingerprint density at radius 1 is 1.16 bits per heavy atom. The van der Waals surface area contributed by atoms with Gasteiger partial charge in [0.05, 0.1) is 13.2 Å². The Hall–Kier alpha value is -1.84. The van der Waals surface area contributed by atoms with Crippen molar-refractivity contribution < 1.29 is 9.53 Å². The highest BCUT2D eigenvalue weighted by atomic mass is 35.5. The van der Waals surface area contributed by atoms with Gasteiger partial charge < -0.3 is 9.64 Å². The van der Waals surface area contributed by atoms with Gasteiger partial charge in [0.2, 0.25) is 5.91 Å². The first-order valence-electron chi connectivity index (χ1n) is 8.93. The van der Waals surface area contributed by atoms with Gasteiger partial charge in [-0.2, -0.15) is 0 Å². The molecule has 25 heavy (non-hydrogen) atoms. The first kappa shape index (κ1) is 16.6. The van der Waals surface area contributed by atoms with Crippen LogP contribution in [0.1, 0.15) is 41.6 Å². The van der Waals surface area contributed by atoms with E-state index < -0.39 is 0 Å². The standard InChI is InChI=1S/C21H22ClNO2/c22-18-9-7-16(8-10-18)20-14-23(11-12-25-20)21(24)13-17-6-5-15-3-1-2-4-19(15)17/h1-4,7-10,17,20H,5-6,11-14H2. The molecule has 1 amide bonds. The molecule has 4 heteroatoms. The fourth-order valence-electron chi connectivity index (χ4n) is 3.95. The van der Waals surface area contributed by atoms with Crippen LogP contribution in [0.15, 0.2) is 48.5 Å². The molecule has 0 saturated carbocycles. The summed E-state index contributed by atoms with van der Waals surface area (Å²) in [6.07, 6.45) is 2.70. The van der Waals surface area contributed by atoms with Crippen LogP contribution in [0.5, 0.6) is 0 Å². The van der Waals surface area contributed by atoms with Crippen molar-refractivity contribution in [2.24, 2.45) is 0 Å². The van der Waals surface area contributed by atoms with Crippen LogP contribution in [0.4, 0.5) is 0 Å². The lowest BCUT2D eigenvalue weighted by molar-refractivity contribution is -0.139. The predicted molar refractivity (Wildman–Crippen MR) is 98.8 cm³/mol. The number of benzene rings is 2. The van der Waals surface area contributed by atoms with E-state index in [4.69, 9.17) is 16.3 Å². The normalized spacial score (nSPS) is 22.7. The zero-order chi connectivity index (χ0) is 17.2. The number of carbonyl (C=O) groups excluding carboxylic acids is 1. The zero-order valence-corrected chi connectivity index (χ0v) is 14.9. The van der Waals surface area contributed by atoms with Crippen LogP contribution < -0.4 is 0 Å². The molecule has 2 unspecified atom stereocenters. The number of fused-ring (bicyclic) bond motifs is 1. The van der Waals surface area contributed by atoms with Crippen LogP contribution in [-0.2, 0) is 16.0 Å². The van der Waals surface area contributed by atoms with Gasteiger partial charge >= 0.3 is 0 Å². The number of amides is 1. The molecule has 130 valence electrons. The van der Waals surface area contributed by atoms with Crippen LogP contribution in [0.25, 0.3) is 0 Å². The number of nitrogens with zero attached hydrogens (tertiary/aromatic N) is 1. The number of rotatable bonds is 3. The maximum Gasteiger partial charge on any atom is 0.223 e. The summed E-state index contributed by atoms with van der Waals surface area (Å²) < 4.78 is 5.87. The van der Waals surface area contributed by atoms with E-state index in [9.17, 15) is 4.79 Å². The van der Waals surface area contributed by atoms with Crippen LogP contribution in [-0.4, -0.2) is 30.5 Å². The van der Waals surface area contributed by atoms with Gasteiger partial charge in [0.1, 0.15) is 6.10 Å². The lowest BCUT2D eigenvalue weighted by atomic mass is 9.97. The van der Waals surface area contributed by atoms with Gasteiger partial charge in [-0.1, -0.05) is 48.0 Å². The highest BCUT2D eigenvalue weighted by Gasteiger charge is 2.29. The van der Waals surface area contributed by atoms with Gasteiger partial charge in [0, 0.05) is 18.0 Å². The highest BCUT2D eigenvalue weighted by Crippen LogP contribution is 2.36. The summed E-state index contributed by atoms with van der Waals surface area (Å²) in [5.41, 5.74) is 3.84. The number of hydrogen-bond acceptors (Lipinski definition) is 2. The smallest absolute Gasteiger partial charge is 0.223 e. The zero-order valence-electron chi connectivity index (χ0n) is 14.2.